The van der Waals surface area contributed by atoms with E-state index < -0.39 is 0 Å². The van der Waals surface area contributed by atoms with Crippen molar-refractivity contribution in [3.63, 3.8) is 0 Å². The fourth-order valence-electron chi connectivity index (χ4n) is 1.40. The summed E-state index contributed by atoms with van der Waals surface area (Å²) < 4.78 is 0. The molecule has 0 radical (unpaired) electrons. The molecule has 2 rings (SSSR count). The Bertz CT molecular complexity index is 470. The minimum Gasteiger partial charge on any atom is -0.331 e. The third-order valence-electron chi connectivity index (χ3n) is 2.25. The van der Waals surface area contributed by atoms with E-state index in [0.29, 0.717) is 16.5 Å². The molecule has 1 aromatic carbocycles. The normalized spacial score (nSPS) is 12.7. The lowest BCUT2D eigenvalue weighted by atomic mass is 10.0. The van der Waals surface area contributed by atoms with Crippen LogP contribution in [-0.4, -0.2) is 15.2 Å². The van der Waals surface area contributed by atoms with Gasteiger partial charge in [0.2, 0.25) is 0 Å². The Labute approximate surface area is 103 Å². The van der Waals surface area contributed by atoms with Crippen LogP contribution in [0.15, 0.2) is 24.5 Å². The monoisotopic (exact) mass is 256 g/mol. The Balaban J connectivity index is 2.14. The van der Waals surface area contributed by atoms with Gasteiger partial charge in [-0.15, -0.1) is 10.2 Å². The first kappa shape index (κ1) is 11.4. The minimum atomic E-state index is -0.178. The van der Waals surface area contributed by atoms with Crippen molar-refractivity contribution in [2.24, 2.45) is 5.73 Å². The van der Waals surface area contributed by atoms with Crippen molar-refractivity contribution in [3.8, 4) is 0 Å². The number of nitrogens with zero attached hydrogens (tertiary/aromatic N) is 2. The molecule has 0 fully saturated rings. The number of aromatic nitrogens is 3. The summed E-state index contributed by atoms with van der Waals surface area (Å²) in [7, 11) is 0. The SMILES string of the molecule is N[C@H](Cc1nnc[nH]1)c1ccc(Cl)c(Cl)c1. The maximum Gasteiger partial charge on any atom is 0.132 e. The van der Waals surface area contributed by atoms with Crippen LogP contribution in [0.25, 0.3) is 0 Å². The second-order valence-corrected chi connectivity index (χ2v) is 4.23. The number of nitrogens with one attached hydrogen (secondary N) is 1. The predicted octanol–water partition coefficient (Wildman–Crippen LogP) is 2.35. The van der Waals surface area contributed by atoms with E-state index in [9.17, 15) is 0 Å². The van der Waals surface area contributed by atoms with Gasteiger partial charge in [0, 0.05) is 12.5 Å². The van der Waals surface area contributed by atoms with Crippen molar-refractivity contribution in [1.29, 1.82) is 0 Å². The van der Waals surface area contributed by atoms with Crippen molar-refractivity contribution in [1.82, 2.24) is 15.2 Å². The molecule has 84 valence electrons. The van der Waals surface area contributed by atoms with Gasteiger partial charge in [0.15, 0.2) is 0 Å². The van der Waals surface area contributed by atoms with Crippen LogP contribution < -0.4 is 5.73 Å². The molecule has 0 saturated heterocycles. The third-order valence-corrected chi connectivity index (χ3v) is 2.99. The fourth-order valence-corrected chi connectivity index (χ4v) is 1.71. The van der Waals surface area contributed by atoms with Gasteiger partial charge in [0.05, 0.1) is 10.0 Å². The van der Waals surface area contributed by atoms with E-state index in [1.807, 2.05) is 6.07 Å². The largest absolute Gasteiger partial charge is 0.331 e. The van der Waals surface area contributed by atoms with Gasteiger partial charge in [-0.25, -0.2) is 0 Å². The van der Waals surface area contributed by atoms with Gasteiger partial charge < -0.3 is 10.7 Å². The third kappa shape index (κ3) is 2.52. The standard InChI is InChI=1S/C10H10Cl2N4/c11-7-2-1-6(3-8(7)12)9(13)4-10-14-5-15-16-10/h1-3,5,9H,4,13H2,(H,14,15,16)/t9-/m1/s1. The van der Waals surface area contributed by atoms with Gasteiger partial charge in [0.1, 0.15) is 12.2 Å². The van der Waals surface area contributed by atoms with Gasteiger partial charge in [0.25, 0.3) is 0 Å². The zero-order chi connectivity index (χ0) is 11.5. The van der Waals surface area contributed by atoms with Crippen LogP contribution in [0.3, 0.4) is 0 Å². The Kier molecular flexibility index (Phi) is 3.43. The number of nitrogens with two attached hydrogens (primary N) is 1. The van der Waals surface area contributed by atoms with Crippen LogP contribution in [0.1, 0.15) is 17.4 Å². The van der Waals surface area contributed by atoms with Crippen molar-refractivity contribution < 1.29 is 0 Å². The van der Waals surface area contributed by atoms with Crippen molar-refractivity contribution in [3.05, 3.63) is 46.0 Å². The van der Waals surface area contributed by atoms with Crippen LogP contribution in [0.5, 0.6) is 0 Å². The first-order chi connectivity index (χ1) is 7.66. The Morgan fingerprint density at radius 2 is 2.12 bits per heavy atom. The maximum absolute atomic E-state index is 6.02. The van der Waals surface area contributed by atoms with Crippen molar-refractivity contribution in [2.75, 3.05) is 0 Å². The van der Waals surface area contributed by atoms with E-state index in [2.05, 4.69) is 15.2 Å². The molecular weight excluding hydrogens is 247 g/mol. The molecule has 0 saturated carbocycles. The molecule has 0 bridgehead atoms. The lowest BCUT2D eigenvalue weighted by molar-refractivity contribution is 0.690. The highest BCUT2D eigenvalue weighted by molar-refractivity contribution is 6.42. The van der Waals surface area contributed by atoms with Gasteiger partial charge in [-0.05, 0) is 17.7 Å². The highest BCUT2D eigenvalue weighted by atomic mass is 35.5. The molecule has 0 aliphatic carbocycles. The average Bonchev–Trinajstić information content (AvgIpc) is 2.74. The van der Waals surface area contributed by atoms with Crippen LogP contribution >= 0.6 is 23.2 Å². The highest BCUT2D eigenvalue weighted by Gasteiger charge is 2.10. The number of rotatable bonds is 3. The van der Waals surface area contributed by atoms with E-state index in [0.717, 1.165) is 11.4 Å². The van der Waals surface area contributed by atoms with Crippen LogP contribution in [-0.2, 0) is 6.42 Å². The summed E-state index contributed by atoms with van der Waals surface area (Å²) >= 11 is 11.7. The zero-order valence-corrected chi connectivity index (χ0v) is 9.83. The fraction of sp³-hybridized carbons (Fsp3) is 0.200. The Morgan fingerprint density at radius 1 is 1.31 bits per heavy atom. The molecule has 0 unspecified atom stereocenters. The predicted molar refractivity (Wildman–Crippen MR) is 63.5 cm³/mol. The summed E-state index contributed by atoms with van der Waals surface area (Å²) in [6.07, 6.45) is 2.11. The number of H-pyrrole nitrogens is 1. The summed E-state index contributed by atoms with van der Waals surface area (Å²) in [5.74, 6) is 0.749. The zero-order valence-electron chi connectivity index (χ0n) is 8.32. The second kappa shape index (κ2) is 4.82. The molecule has 1 heterocycles. The molecule has 3 N–H and O–H groups in total. The summed E-state index contributed by atoms with van der Waals surface area (Å²) in [6, 6.07) is 5.18. The van der Waals surface area contributed by atoms with Gasteiger partial charge in [-0.1, -0.05) is 29.3 Å². The van der Waals surface area contributed by atoms with Crippen molar-refractivity contribution >= 4 is 23.2 Å². The van der Waals surface area contributed by atoms with E-state index >= 15 is 0 Å². The molecule has 1 atom stereocenters. The smallest absolute Gasteiger partial charge is 0.132 e. The first-order valence-electron chi connectivity index (χ1n) is 4.72. The Morgan fingerprint density at radius 3 is 2.75 bits per heavy atom. The van der Waals surface area contributed by atoms with Crippen LogP contribution in [0.2, 0.25) is 10.0 Å². The molecule has 6 heteroatoms. The number of hydrogen-bond donors (Lipinski definition) is 2. The number of aromatic amines is 1. The van der Waals surface area contributed by atoms with E-state index in [4.69, 9.17) is 28.9 Å². The summed E-state index contributed by atoms with van der Waals surface area (Å²) in [5.41, 5.74) is 6.94. The summed E-state index contributed by atoms with van der Waals surface area (Å²) in [5, 5.41) is 8.60. The van der Waals surface area contributed by atoms with Crippen LogP contribution in [0, 0.1) is 0 Å². The summed E-state index contributed by atoms with van der Waals surface area (Å²) in [4.78, 5) is 2.90. The molecule has 2 aromatic rings. The van der Waals surface area contributed by atoms with Crippen molar-refractivity contribution in [2.45, 2.75) is 12.5 Å². The molecule has 0 amide bonds. The molecule has 0 aliphatic heterocycles. The van der Waals surface area contributed by atoms with Gasteiger partial charge in [-0.2, -0.15) is 0 Å². The lowest BCUT2D eigenvalue weighted by Crippen LogP contribution is -2.14. The number of halogens is 2. The van der Waals surface area contributed by atoms with Crippen LogP contribution in [0.4, 0.5) is 0 Å². The van der Waals surface area contributed by atoms with E-state index in [1.165, 1.54) is 6.33 Å². The maximum atomic E-state index is 6.02. The minimum absolute atomic E-state index is 0.178. The van der Waals surface area contributed by atoms with E-state index in [1.54, 1.807) is 12.1 Å². The second-order valence-electron chi connectivity index (χ2n) is 3.42. The quantitative estimate of drug-likeness (QED) is 0.886. The van der Waals surface area contributed by atoms with Gasteiger partial charge in [-0.3, -0.25) is 0 Å². The molecule has 0 aliphatic rings. The molecule has 16 heavy (non-hydrogen) atoms. The molecule has 0 spiro atoms. The lowest BCUT2D eigenvalue weighted by Gasteiger charge is -2.10. The summed E-state index contributed by atoms with van der Waals surface area (Å²) in [6.45, 7) is 0. The molecule has 4 nitrogen and oxygen atoms in total. The Hall–Kier alpha value is -1.10. The molecule has 1 aromatic heterocycles. The highest BCUT2D eigenvalue weighted by Crippen LogP contribution is 2.25. The topological polar surface area (TPSA) is 67.6 Å². The van der Waals surface area contributed by atoms with Gasteiger partial charge >= 0.3 is 0 Å². The number of hydrogen-bond acceptors (Lipinski definition) is 3. The average molecular weight is 257 g/mol. The van der Waals surface area contributed by atoms with E-state index in [-0.39, 0.29) is 6.04 Å². The first-order valence-corrected chi connectivity index (χ1v) is 5.48. The molecular formula is C10H10Cl2N4. The number of benzene rings is 1.